The van der Waals surface area contributed by atoms with Crippen LogP contribution in [0.15, 0.2) is 72.3 Å². The second-order valence-electron chi connectivity index (χ2n) is 8.74. The normalized spacial score (nSPS) is 17.5. The van der Waals surface area contributed by atoms with E-state index < -0.39 is 17.7 Å². The van der Waals surface area contributed by atoms with Crippen molar-refractivity contribution in [2.24, 2.45) is 0 Å². The molecule has 168 valence electrons. The molecule has 0 radical (unpaired) electrons. The van der Waals surface area contributed by atoms with E-state index in [2.05, 4.69) is 0 Å². The Morgan fingerprint density at radius 1 is 0.848 bits per heavy atom. The van der Waals surface area contributed by atoms with E-state index in [1.807, 2.05) is 100 Å². The number of carbonyl (C=O) groups is 2. The average molecular weight is 441 g/mol. The van der Waals surface area contributed by atoms with Crippen molar-refractivity contribution in [3.05, 3.63) is 100 Å². The van der Waals surface area contributed by atoms with Gasteiger partial charge in [0.1, 0.15) is 5.76 Å². The van der Waals surface area contributed by atoms with E-state index in [9.17, 15) is 14.7 Å². The summed E-state index contributed by atoms with van der Waals surface area (Å²) in [5.74, 6) is -1.49. The third kappa shape index (κ3) is 3.91. The number of rotatable bonds is 4. The van der Waals surface area contributed by atoms with Gasteiger partial charge in [0.05, 0.1) is 11.6 Å². The highest BCUT2D eigenvalue weighted by molar-refractivity contribution is 6.51. The Morgan fingerprint density at radius 3 is 2.12 bits per heavy atom. The van der Waals surface area contributed by atoms with Gasteiger partial charge in [-0.15, -0.1) is 0 Å². The monoisotopic (exact) mass is 440 g/mol. The first-order valence-corrected chi connectivity index (χ1v) is 10.9. The maximum Gasteiger partial charge on any atom is 0.300 e. The first-order chi connectivity index (χ1) is 15.7. The average Bonchev–Trinajstić information content (AvgIpc) is 3.06. The maximum atomic E-state index is 13.3. The lowest BCUT2D eigenvalue weighted by Gasteiger charge is -2.27. The molecule has 3 aromatic carbocycles. The van der Waals surface area contributed by atoms with E-state index in [-0.39, 0.29) is 11.3 Å². The van der Waals surface area contributed by atoms with E-state index in [0.29, 0.717) is 11.3 Å². The van der Waals surface area contributed by atoms with Crippen LogP contribution < -0.4 is 9.80 Å². The summed E-state index contributed by atoms with van der Waals surface area (Å²) in [6, 6.07) is 19.9. The zero-order valence-electron chi connectivity index (χ0n) is 19.6. The Kier molecular flexibility index (Phi) is 5.81. The number of aliphatic hydroxyl groups excluding tert-OH is 1. The van der Waals surface area contributed by atoms with Gasteiger partial charge in [0.15, 0.2) is 0 Å². The highest BCUT2D eigenvalue weighted by atomic mass is 16.3. The van der Waals surface area contributed by atoms with Crippen LogP contribution in [0, 0.1) is 20.8 Å². The van der Waals surface area contributed by atoms with Crippen molar-refractivity contribution in [2.45, 2.75) is 26.8 Å². The Labute approximate surface area is 194 Å². The summed E-state index contributed by atoms with van der Waals surface area (Å²) in [5, 5.41) is 11.3. The molecule has 33 heavy (non-hydrogen) atoms. The van der Waals surface area contributed by atoms with Crippen molar-refractivity contribution in [3.8, 4) is 0 Å². The SMILES string of the molecule is Cc1ccc(/C(O)=C2\C(=O)C(=O)N(c3ccc(N(C)C)cc3)C2c2ccccc2C)cc1C. The van der Waals surface area contributed by atoms with E-state index >= 15 is 0 Å². The fourth-order valence-corrected chi connectivity index (χ4v) is 4.24. The van der Waals surface area contributed by atoms with Gasteiger partial charge in [-0.05, 0) is 73.4 Å². The highest BCUT2D eigenvalue weighted by Crippen LogP contribution is 2.43. The van der Waals surface area contributed by atoms with Gasteiger partial charge in [-0.2, -0.15) is 0 Å². The van der Waals surface area contributed by atoms with Crippen molar-refractivity contribution in [2.75, 3.05) is 23.9 Å². The number of amides is 1. The van der Waals surface area contributed by atoms with Gasteiger partial charge in [0.2, 0.25) is 0 Å². The molecule has 1 N–H and O–H groups in total. The Balaban J connectivity index is 1.94. The zero-order chi connectivity index (χ0) is 23.9. The van der Waals surface area contributed by atoms with Crippen molar-refractivity contribution in [3.63, 3.8) is 0 Å². The number of aryl methyl sites for hydroxylation is 3. The molecule has 1 aliphatic heterocycles. The molecule has 0 bridgehead atoms. The molecule has 0 aliphatic carbocycles. The number of ketones is 1. The fraction of sp³-hybridized carbons (Fsp3) is 0.214. The molecule has 1 aliphatic rings. The molecule has 1 unspecified atom stereocenters. The maximum absolute atomic E-state index is 13.3. The van der Waals surface area contributed by atoms with Crippen molar-refractivity contribution in [1.82, 2.24) is 0 Å². The second-order valence-corrected chi connectivity index (χ2v) is 8.74. The molecule has 0 saturated carbocycles. The molecule has 5 heteroatoms. The topological polar surface area (TPSA) is 60.9 Å². The van der Waals surface area contributed by atoms with E-state index in [4.69, 9.17) is 0 Å². The van der Waals surface area contributed by atoms with Crippen molar-refractivity contribution < 1.29 is 14.7 Å². The van der Waals surface area contributed by atoms with Crippen LogP contribution >= 0.6 is 0 Å². The molecular weight excluding hydrogens is 412 g/mol. The van der Waals surface area contributed by atoms with Crippen LogP contribution in [-0.4, -0.2) is 30.9 Å². The summed E-state index contributed by atoms with van der Waals surface area (Å²) in [6.45, 7) is 5.89. The number of carbonyl (C=O) groups excluding carboxylic acids is 2. The second kappa shape index (κ2) is 8.58. The third-order valence-electron chi connectivity index (χ3n) is 6.35. The van der Waals surface area contributed by atoms with Crippen LogP contribution in [0.3, 0.4) is 0 Å². The van der Waals surface area contributed by atoms with E-state index in [1.165, 1.54) is 4.90 Å². The number of hydrogen-bond acceptors (Lipinski definition) is 4. The quantitative estimate of drug-likeness (QED) is 0.340. The van der Waals surface area contributed by atoms with Crippen LogP contribution in [0.25, 0.3) is 5.76 Å². The summed E-state index contributed by atoms with van der Waals surface area (Å²) in [7, 11) is 3.89. The van der Waals surface area contributed by atoms with E-state index in [1.54, 1.807) is 6.07 Å². The van der Waals surface area contributed by atoms with Gasteiger partial charge >= 0.3 is 0 Å². The molecule has 0 aromatic heterocycles. The molecule has 4 rings (SSSR count). The van der Waals surface area contributed by atoms with Crippen LogP contribution in [0.1, 0.15) is 33.9 Å². The van der Waals surface area contributed by atoms with Gasteiger partial charge < -0.3 is 10.0 Å². The van der Waals surface area contributed by atoms with Crippen LogP contribution in [0.5, 0.6) is 0 Å². The highest BCUT2D eigenvalue weighted by Gasteiger charge is 2.47. The lowest BCUT2D eigenvalue weighted by Crippen LogP contribution is -2.29. The lowest BCUT2D eigenvalue weighted by molar-refractivity contribution is -0.132. The van der Waals surface area contributed by atoms with Crippen molar-refractivity contribution in [1.29, 1.82) is 0 Å². The Morgan fingerprint density at radius 2 is 1.52 bits per heavy atom. The minimum Gasteiger partial charge on any atom is -0.507 e. The molecular formula is C28H28N2O3. The smallest absolute Gasteiger partial charge is 0.300 e. The number of aliphatic hydroxyl groups is 1. The van der Waals surface area contributed by atoms with Gasteiger partial charge in [0.25, 0.3) is 11.7 Å². The molecule has 1 fully saturated rings. The molecule has 0 spiro atoms. The lowest BCUT2D eigenvalue weighted by atomic mass is 9.92. The number of anilines is 2. The van der Waals surface area contributed by atoms with Gasteiger partial charge in [0, 0.05) is 31.0 Å². The van der Waals surface area contributed by atoms with Crippen LogP contribution in [0.4, 0.5) is 11.4 Å². The van der Waals surface area contributed by atoms with Crippen LogP contribution in [0.2, 0.25) is 0 Å². The molecule has 1 heterocycles. The molecule has 1 atom stereocenters. The van der Waals surface area contributed by atoms with Gasteiger partial charge in [-0.3, -0.25) is 14.5 Å². The predicted octanol–water partition coefficient (Wildman–Crippen LogP) is 5.30. The standard InChI is InChI=1S/C28H28N2O3/c1-17-10-11-20(16-19(17)3)26(31)24-25(23-9-7-6-8-18(23)2)30(28(33)27(24)32)22-14-12-21(13-15-22)29(4)5/h6-16,25,31H,1-5H3/b26-24+. The number of Topliss-reactive ketones (excluding diaryl/α,β-unsaturated/α-hetero) is 1. The summed E-state index contributed by atoms with van der Waals surface area (Å²) in [5.41, 5.74) is 6.05. The summed E-state index contributed by atoms with van der Waals surface area (Å²) >= 11 is 0. The molecule has 1 amide bonds. The van der Waals surface area contributed by atoms with Crippen LogP contribution in [-0.2, 0) is 9.59 Å². The van der Waals surface area contributed by atoms with Gasteiger partial charge in [-0.1, -0.05) is 36.4 Å². The first kappa shape index (κ1) is 22.3. The number of nitrogens with zero attached hydrogens (tertiary/aromatic N) is 2. The number of benzene rings is 3. The predicted molar refractivity (Wildman–Crippen MR) is 133 cm³/mol. The summed E-state index contributed by atoms with van der Waals surface area (Å²) < 4.78 is 0. The molecule has 5 nitrogen and oxygen atoms in total. The minimum absolute atomic E-state index is 0.106. The Hall–Kier alpha value is -3.86. The molecule has 3 aromatic rings. The zero-order valence-corrected chi connectivity index (χ0v) is 19.6. The summed E-state index contributed by atoms with van der Waals surface area (Å²) in [6.07, 6.45) is 0. The summed E-state index contributed by atoms with van der Waals surface area (Å²) in [4.78, 5) is 30.1. The minimum atomic E-state index is -0.724. The number of hydrogen-bond donors (Lipinski definition) is 1. The fourth-order valence-electron chi connectivity index (χ4n) is 4.24. The molecule has 1 saturated heterocycles. The van der Waals surface area contributed by atoms with Gasteiger partial charge in [-0.25, -0.2) is 0 Å². The van der Waals surface area contributed by atoms with Crippen molar-refractivity contribution >= 4 is 28.8 Å². The third-order valence-corrected chi connectivity index (χ3v) is 6.35. The first-order valence-electron chi connectivity index (χ1n) is 10.9. The van der Waals surface area contributed by atoms with E-state index in [0.717, 1.165) is 27.9 Å². The Bertz CT molecular complexity index is 1270. The largest absolute Gasteiger partial charge is 0.507 e.